The van der Waals surface area contributed by atoms with Crippen LogP contribution in [0.3, 0.4) is 0 Å². The molecule has 1 spiro atoms. The van der Waals surface area contributed by atoms with E-state index in [1.54, 1.807) is 0 Å². The number of nitrogens with zero attached hydrogens (tertiary/aromatic N) is 1. The predicted molar refractivity (Wildman–Crippen MR) is 141 cm³/mol. The van der Waals surface area contributed by atoms with Gasteiger partial charge in [0.25, 0.3) is 0 Å². The molecule has 1 aromatic rings. The number of hydrogen-bond acceptors (Lipinski definition) is 5. The van der Waals surface area contributed by atoms with Crippen LogP contribution in [0, 0.1) is 22.7 Å². The van der Waals surface area contributed by atoms with Crippen molar-refractivity contribution in [3.63, 3.8) is 0 Å². The number of Topliss-reactive ketones (excluding diaryl/α,β-unsaturated/α-hetero) is 1. The molecule has 0 aromatic heterocycles. The molecule has 0 bridgehead atoms. The van der Waals surface area contributed by atoms with Crippen LogP contribution >= 0.6 is 0 Å². The van der Waals surface area contributed by atoms with E-state index in [9.17, 15) is 9.90 Å². The number of carbonyl (C=O) groups is 1. The van der Waals surface area contributed by atoms with Gasteiger partial charge in [0, 0.05) is 55.8 Å². The molecule has 5 heteroatoms. The number of allylic oxidation sites excluding steroid dienone is 1. The standard InChI is InChI=1S/C31H43NO4/c1-28(2)18-35-31(36-19-28)15-13-25-27-22(12-14-30(25,34)17-31)24-10-11-26(33)29(24,3)16-23(27)20-6-8-21(9-7-20)32(4)5/h6-9,22-24,34H,10-19H2,1-5H3/t22-,23+,24-,29+,30+/m0/s1. The summed E-state index contributed by atoms with van der Waals surface area (Å²) in [4.78, 5) is 15.3. The molecule has 4 aliphatic carbocycles. The number of rotatable bonds is 2. The van der Waals surface area contributed by atoms with E-state index in [1.165, 1.54) is 22.4 Å². The second-order valence-electron chi connectivity index (χ2n) is 13.7. The molecule has 4 fully saturated rings. The van der Waals surface area contributed by atoms with Crippen molar-refractivity contribution in [2.45, 2.75) is 89.4 Å². The van der Waals surface area contributed by atoms with E-state index in [0.29, 0.717) is 43.7 Å². The van der Waals surface area contributed by atoms with Gasteiger partial charge in [0.1, 0.15) is 5.78 Å². The summed E-state index contributed by atoms with van der Waals surface area (Å²) in [5.74, 6) is 0.730. The smallest absolute Gasteiger partial charge is 0.171 e. The Labute approximate surface area is 216 Å². The largest absolute Gasteiger partial charge is 0.385 e. The maximum atomic E-state index is 13.2. The van der Waals surface area contributed by atoms with Crippen LogP contribution in [0.15, 0.2) is 35.4 Å². The predicted octanol–water partition coefficient (Wildman–Crippen LogP) is 5.62. The van der Waals surface area contributed by atoms with Crippen LogP contribution in [0.1, 0.15) is 83.6 Å². The first-order chi connectivity index (χ1) is 17.0. The van der Waals surface area contributed by atoms with E-state index < -0.39 is 11.4 Å². The second-order valence-corrected chi connectivity index (χ2v) is 13.7. The van der Waals surface area contributed by atoms with Crippen LogP contribution in [-0.4, -0.2) is 49.6 Å². The summed E-state index contributed by atoms with van der Waals surface area (Å²) in [6.07, 6.45) is 6.36. The van der Waals surface area contributed by atoms with Gasteiger partial charge in [-0.2, -0.15) is 0 Å². The molecular weight excluding hydrogens is 450 g/mol. The molecule has 1 N–H and O–H groups in total. The first-order valence-electron chi connectivity index (χ1n) is 14.0. The van der Waals surface area contributed by atoms with Crippen molar-refractivity contribution in [2.75, 3.05) is 32.2 Å². The van der Waals surface area contributed by atoms with Gasteiger partial charge in [-0.15, -0.1) is 0 Å². The van der Waals surface area contributed by atoms with Gasteiger partial charge in [-0.1, -0.05) is 38.5 Å². The van der Waals surface area contributed by atoms with Gasteiger partial charge in [0.05, 0.1) is 18.8 Å². The summed E-state index contributed by atoms with van der Waals surface area (Å²) in [6, 6.07) is 8.88. The average molecular weight is 494 g/mol. The third-order valence-electron chi connectivity index (χ3n) is 10.4. The fraction of sp³-hybridized carbons (Fsp3) is 0.710. The number of ether oxygens (including phenoxy) is 2. The number of benzene rings is 1. The van der Waals surface area contributed by atoms with Crippen LogP contribution in [0.4, 0.5) is 5.69 Å². The van der Waals surface area contributed by atoms with E-state index in [4.69, 9.17) is 9.47 Å². The zero-order valence-electron chi connectivity index (χ0n) is 22.7. The highest BCUT2D eigenvalue weighted by Gasteiger charge is 2.60. The number of carbonyl (C=O) groups excluding carboxylic acids is 1. The normalized spacial score (nSPS) is 38.9. The Kier molecular flexibility index (Phi) is 5.58. The lowest BCUT2D eigenvalue weighted by Crippen LogP contribution is -2.57. The molecule has 3 saturated carbocycles. The summed E-state index contributed by atoms with van der Waals surface area (Å²) in [6.45, 7) is 7.91. The highest BCUT2D eigenvalue weighted by molar-refractivity contribution is 5.87. The highest BCUT2D eigenvalue weighted by atomic mass is 16.7. The minimum atomic E-state index is -0.885. The van der Waals surface area contributed by atoms with Gasteiger partial charge < -0.3 is 19.5 Å². The van der Waals surface area contributed by atoms with Crippen LogP contribution in [-0.2, 0) is 14.3 Å². The lowest BCUT2D eigenvalue weighted by molar-refractivity contribution is -0.322. The lowest BCUT2D eigenvalue weighted by atomic mass is 9.51. The molecule has 0 amide bonds. The first kappa shape index (κ1) is 24.6. The lowest BCUT2D eigenvalue weighted by Gasteiger charge is -2.56. The maximum absolute atomic E-state index is 13.2. The molecule has 0 unspecified atom stereocenters. The summed E-state index contributed by atoms with van der Waals surface area (Å²) >= 11 is 0. The van der Waals surface area contributed by atoms with Crippen LogP contribution in [0.2, 0.25) is 0 Å². The molecule has 1 aliphatic heterocycles. The molecule has 6 rings (SSSR count). The molecule has 1 saturated heterocycles. The zero-order chi connectivity index (χ0) is 25.5. The summed E-state index contributed by atoms with van der Waals surface area (Å²) in [5, 5.41) is 12.2. The molecule has 5 aliphatic rings. The van der Waals surface area contributed by atoms with Gasteiger partial charge in [0.15, 0.2) is 5.79 Å². The van der Waals surface area contributed by atoms with Crippen molar-refractivity contribution in [1.29, 1.82) is 0 Å². The molecule has 1 aromatic carbocycles. The highest BCUT2D eigenvalue weighted by Crippen LogP contribution is 2.64. The molecule has 0 radical (unpaired) electrons. The van der Waals surface area contributed by atoms with Gasteiger partial charge in [-0.3, -0.25) is 4.79 Å². The number of fused-ring (bicyclic) bond motifs is 4. The average Bonchev–Trinajstić information content (AvgIpc) is 3.14. The Hall–Kier alpha value is -1.69. The van der Waals surface area contributed by atoms with Crippen LogP contribution in [0.5, 0.6) is 0 Å². The van der Waals surface area contributed by atoms with Crippen LogP contribution < -0.4 is 4.90 Å². The maximum Gasteiger partial charge on any atom is 0.171 e. The number of hydrogen-bond donors (Lipinski definition) is 1. The van der Waals surface area contributed by atoms with Crippen molar-refractivity contribution in [3.05, 3.63) is 41.0 Å². The minimum Gasteiger partial charge on any atom is -0.385 e. The Morgan fingerprint density at radius 2 is 1.67 bits per heavy atom. The van der Waals surface area contributed by atoms with Crippen molar-refractivity contribution in [2.24, 2.45) is 22.7 Å². The van der Waals surface area contributed by atoms with Crippen LogP contribution in [0.25, 0.3) is 0 Å². The topological polar surface area (TPSA) is 59.0 Å². The SMILES string of the molecule is CN(C)c1ccc([C@H]2C[C@@]3(C)C(=O)CC[C@H]3[C@@H]3CC[C@@]4(O)CC5(CCC4=C32)OCC(C)(C)CO5)cc1. The molecule has 36 heavy (non-hydrogen) atoms. The van der Waals surface area contributed by atoms with E-state index in [2.05, 4.69) is 64.0 Å². The molecule has 1 heterocycles. The van der Waals surface area contributed by atoms with Gasteiger partial charge in [-0.25, -0.2) is 0 Å². The third-order valence-corrected chi connectivity index (χ3v) is 10.4. The number of ketones is 1. The van der Waals surface area contributed by atoms with E-state index in [-0.39, 0.29) is 16.7 Å². The molecule has 5 nitrogen and oxygen atoms in total. The zero-order valence-corrected chi connectivity index (χ0v) is 22.7. The summed E-state index contributed by atoms with van der Waals surface area (Å²) in [7, 11) is 4.13. The molecule has 5 atom stereocenters. The van der Waals surface area contributed by atoms with Gasteiger partial charge >= 0.3 is 0 Å². The van der Waals surface area contributed by atoms with E-state index >= 15 is 0 Å². The first-order valence-corrected chi connectivity index (χ1v) is 14.0. The second kappa shape index (κ2) is 8.15. The summed E-state index contributed by atoms with van der Waals surface area (Å²) in [5.41, 5.74) is 4.02. The Balaban J connectivity index is 1.41. The van der Waals surface area contributed by atoms with Crippen molar-refractivity contribution >= 4 is 11.5 Å². The van der Waals surface area contributed by atoms with Gasteiger partial charge in [0.2, 0.25) is 0 Å². The fourth-order valence-electron chi connectivity index (χ4n) is 8.33. The Morgan fingerprint density at radius 1 is 0.972 bits per heavy atom. The summed E-state index contributed by atoms with van der Waals surface area (Å²) < 4.78 is 12.7. The number of anilines is 1. The Morgan fingerprint density at radius 3 is 2.33 bits per heavy atom. The molecular formula is C31H43NO4. The van der Waals surface area contributed by atoms with Crippen molar-refractivity contribution in [3.8, 4) is 0 Å². The van der Waals surface area contributed by atoms with Crippen molar-refractivity contribution in [1.82, 2.24) is 0 Å². The van der Waals surface area contributed by atoms with Crippen molar-refractivity contribution < 1.29 is 19.4 Å². The van der Waals surface area contributed by atoms with E-state index in [1.807, 2.05) is 0 Å². The monoisotopic (exact) mass is 493 g/mol. The third kappa shape index (κ3) is 3.72. The quantitative estimate of drug-likeness (QED) is 0.542. The minimum absolute atomic E-state index is 0.0108. The van der Waals surface area contributed by atoms with E-state index in [0.717, 1.165) is 38.5 Å². The fourth-order valence-corrected chi connectivity index (χ4v) is 8.33. The van der Waals surface area contributed by atoms with Gasteiger partial charge in [-0.05, 0) is 67.2 Å². The molecule has 196 valence electrons. The number of aliphatic hydroxyl groups is 1. The Bertz CT molecular complexity index is 1080.